The van der Waals surface area contributed by atoms with Gasteiger partial charge in [0.1, 0.15) is 0 Å². The molecule has 0 aliphatic heterocycles. The maximum Gasteiger partial charge on any atom is 0.0430 e. The Morgan fingerprint density at radius 1 is 0.800 bits per heavy atom. The molecule has 0 aromatic carbocycles. The van der Waals surface area contributed by atoms with E-state index in [1.165, 1.54) is 19.3 Å². The van der Waals surface area contributed by atoms with Crippen molar-refractivity contribution in [2.75, 3.05) is 13.2 Å². The molecule has 0 bridgehead atoms. The highest BCUT2D eigenvalue weighted by Crippen LogP contribution is 1.78. The molecule has 2 heteroatoms. The molecule has 0 saturated carbocycles. The van der Waals surface area contributed by atoms with E-state index in [1.807, 2.05) is 6.92 Å². The molecule has 0 radical (unpaired) electrons. The topological polar surface area (TPSA) is 46.2 Å². The van der Waals surface area contributed by atoms with Gasteiger partial charge in [0.25, 0.3) is 0 Å². The van der Waals surface area contributed by atoms with Gasteiger partial charge in [-0.2, -0.15) is 0 Å². The van der Waals surface area contributed by atoms with Gasteiger partial charge in [-0.3, -0.25) is 0 Å². The van der Waals surface area contributed by atoms with Crippen LogP contribution >= 0.6 is 0 Å². The lowest BCUT2D eigenvalue weighted by molar-refractivity contribution is 0.287. The van der Waals surface area contributed by atoms with Crippen LogP contribution in [0.1, 0.15) is 73.6 Å². The molecule has 0 aromatic heterocycles. The Labute approximate surface area is 98.3 Å². The van der Waals surface area contributed by atoms with Gasteiger partial charge in [0.15, 0.2) is 0 Å². The van der Waals surface area contributed by atoms with Crippen LogP contribution in [0.4, 0.5) is 0 Å². The Balaban J connectivity index is -0.0000000553. The highest BCUT2D eigenvalue weighted by molar-refractivity contribution is 4.23. The van der Waals surface area contributed by atoms with E-state index in [9.17, 15) is 0 Å². The number of unbranched alkanes of at least 4 members (excludes halogenated alkanes) is 2. The molecular formula is C13H35NO. The van der Waals surface area contributed by atoms with Gasteiger partial charge in [0.05, 0.1) is 0 Å². The van der Waals surface area contributed by atoms with Gasteiger partial charge in [-0.25, -0.2) is 0 Å². The largest absolute Gasteiger partial charge is 0.396 e. The first-order valence-corrected chi connectivity index (χ1v) is 6.47. The van der Waals surface area contributed by atoms with Gasteiger partial charge in [-0.15, -0.1) is 0 Å². The predicted molar refractivity (Wildman–Crippen MR) is 73.3 cm³/mol. The number of aliphatic hydroxyl groups excluding tert-OH is 1. The summed E-state index contributed by atoms with van der Waals surface area (Å²) >= 11 is 0. The first-order chi connectivity index (χ1) is 7.16. The summed E-state index contributed by atoms with van der Waals surface area (Å²) in [6, 6.07) is 0. The molecule has 15 heavy (non-hydrogen) atoms. The number of hydrogen-bond acceptors (Lipinski definition) is 2. The van der Waals surface area contributed by atoms with Crippen molar-refractivity contribution in [2.45, 2.75) is 73.6 Å². The Bertz CT molecular complexity index is 43.8. The minimum atomic E-state index is 0.344. The van der Waals surface area contributed by atoms with Crippen LogP contribution in [0, 0.1) is 0 Å². The summed E-state index contributed by atoms with van der Waals surface area (Å²) in [7, 11) is 0. The van der Waals surface area contributed by atoms with Gasteiger partial charge in [-0.1, -0.05) is 67.2 Å². The number of hydrogen-bond donors (Lipinski definition) is 2. The van der Waals surface area contributed by atoms with Crippen molar-refractivity contribution in [3.8, 4) is 0 Å². The van der Waals surface area contributed by atoms with Gasteiger partial charge >= 0.3 is 0 Å². The quantitative estimate of drug-likeness (QED) is 0.757. The predicted octanol–water partition coefficient (Wildman–Crippen LogP) is 3.97. The molecule has 98 valence electrons. The zero-order chi connectivity index (χ0) is 12.9. The summed E-state index contributed by atoms with van der Waals surface area (Å²) < 4.78 is 0. The van der Waals surface area contributed by atoms with Crippen molar-refractivity contribution in [3.63, 3.8) is 0 Å². The van der Waals surface area contributed by atoms with E-state index in [0.29, 0.717) is 6.61 Å². The molecule has 2 nitrogen and oxygen atoms in total. The first kappa shape index (κ1) is 24.2. The van der Waals surface area contributed by atoms with Gasteiger partial charge in [0.2, 0.25) is 0 Å². The van der Waals surface area contributed by atoms with Crippen LogP contribution in [-0.4, -0.2) is 18.3 Å². The zero-order valence-electron chi connectivity index (χ0n) is 12.0. The average molecular weight is 221 g/mol. The van der Waals surface area contributed by atoms with E-state index in [0.717, 1.165) is 19.4 Å². The van der Waals surface area contributed by atoms with Crippen LogP contribution in [0.5, 0.6) is 0 Å². The van der Waals surface area contributed by atoms with Crippen LogP contribution < -0.4 is 5.73 Å². The summed E-state index contributed by atoms with van der Waals surface area (Å²) in [5.41, 5.74) is 4.85. The van der Waals surface area contributed by atoms with Crippen molar-refractivity contribution >= 4 is 0 Å². The van der Waals surface area contributed by atoms with Crippen LogP contribution in [0.2, 0.25) is 0 Å². The Morgan fingerprint density at radius 2 is 1.07 bits per heavy atom. The second-order valence-corrected chi connectivity index (χ2v) is 3.19. The lowest BCUT2D eigenvalue weighted by Crippen LogP contribution is -1.87. The van der Waals surface area contributed by atoms with Crippen LogP contribution in [0.3, 0.4) is 0 Å². The van der Waals surface area contributed by atoms with E-state index >= 15 is 0 Å². The smallest absolute Gasteiger partial charge is 0.0430 e. The first-order valence-electron chi connectivity index (χ1n) is 6.47. The maximum absolute atomic E-state index is 8.07. The van der Waals surface area contributed by atoms with Crippen LogP contribution in [0.15, 0.2) is 0 Å². The Hall–Kier alpha value is -0.0800. The van der Waals surface area contributed by atoms with Gasteiger partial charge < -0.3 is 10.8 Å². The molecule has 3 N–H and O–H groups in total. The standard InChI is InChI=1S/C4H10O.C4H10.C3H8.C2H7N/c1-2-3-4-5;1-3-4-2;1-3-2;1-2-3/h5H,2-4H2,1H3;3-4H2,1-2H3;3H2,1-2H3;2-3H2,1H3. The van der Waals surface area contributed by atoms with Gasteiger partial charge in [-0.05, 0) is 13.0 Å². The molecule has 0 amide bonds. The van der Waals surface area contributed by atoms with Crippen molar-refractivity contribution in [1.29, 1.82) is 0 Å². The van der Waals surface area contributed by atoms with Crippen molar-refractivity contribution in [3.05, 3.63) is 0 Å². The third-order valence-electron chi connectivity index (χ3n) is 1.01. The summed E-state index contributed by atoms with van der Waals surface area (Å²) in [5.74, 6) is 0. The molecule has 0 aromatic rings. The molecular weight excluding hydrogens is 186 g/mol. The van der Waals surface area contributed by atoms with Crippen LogP contribution in [0.25, 0.3) is 0 Å². The summed E-state index contributed by atoms with van der Waals surface area (Å²) in [4.78, 5) is 0. The highest BCUT2D eigenvalue weighted by atomic mass is 16.2. The normalized spacial score (nSPS) is 7.20. The minimum absolute atomic E-state index is 0.344. The van der Waals surface area contributed by atoms with Crippen LogP contribution in [-0.2, 0) is 0 Å². The zero-order valence-corrected chi connectivity index (χ0v) is 12.0. The molecule has 0 saturated heterocycles. The molecule has 0 unspecified atom stereocenters. The third-order valence-corrected chi connectivity index (χ3v) is 1.01. The fourth-order valence-electron chi connectivity index (χ4n) is 0.158. The molecule has 0 aliphatic rings. The lowest BCUT2D eigenvalue weighted by Gasteiger charge is -1.79. The average Bonchev–Trinajstić information content (AvgIpc) is 2.22. The molecule has 0 fully saturated rings. The van der Waals surface area contributed by atoms with E-state index in [1.54, 1.807) is 0 Å². The van der Waals surface area contributed by atoms with Crippen molar-refractivity contribution < 1.29 is 5.11 Å². The Kier molecular flexibility index (Phi) is 78.4. The second-order valence-electron chi connectivity index (χ2n) is 3.19. The maximum atomic E-state index is 8.07. The molecule has 0 spiro atoms. The van der Waals surface area contributed by atoms with E-state index in [4.69, 9.17) is 10.8 Å². The molecule has 0 atom stereocenters. The number of aliphatic hydroxyl groups is 1. The molecule has 0 rings (SSSR count). The van der Waals surface area contributed by atoms with Gasteiger partial charge in [0, 0.05) is 6.61 Å². The summed E-state index contributed by atoms with van der Waals surface area (Å²) in [6.45, 7) is 13.7. The fraction of sp³-hybridized carbons (Fsp3) is 1.00. The molecule has 0 aliphatic carbocycles. The molecule has 0 heterocycles. The van der Waals surface area contributed by atoms with E-state index < -0.39 is 0 Å². The Morgan fingerprint density at radius 3 is 1.07 bits per heavy atom. The van der Waals surface area contributed by atoms with E-state index in [2.05, 4.69) is 34.6 Å². The summed E-state index contributed by atoms with van der Waals surface area (Å²) in [5, 5.41) is 8.07. The fourth-order valence-corrected chi connectivity index (χ4v) is 0.158. The lowest BCUT2D eigenvalue weighted by atomic mass is 10.4. The third kappa shape index (κ3) is 232. The second kappa shape index (κ2) is 48.5. The van der Waals surface area contributed by atoms with Crippen molar-refractivity contribution in [1.82, 2.24) is 0 Å². The summed E-state index contributed by atoms with van der Waals surface area (Å²) in [6.07, 6.45) is 5.93. The van der Waals surface area contributed by atoms with E-state index in [-0.39, 0.29) is 0 Å². The number of nitrogens with two attached hydrogens (primary N) is 1. The highest BCUT2D eigenvalue weighted by Gasteiger charge is 1.69. The SMILES string of the molecule is CCC.CCCC.CCCCO.CCN. The number of rotatable bonds is 3. The monoisotopic (exact) mass is 221 g/mol. The van der Waals surface area contributed by atoms with Crippen molar-refractivity contribution in [2.24, 2.45) is 5.73 Å². The minimum Gasteiger partial charge on any atom is -0.396 e.